The topological polar surface area (TPSA) is 23.6 Å². The first kappa shape index (κ1) is 15.5. The molecule has 5 rings (SSSR count). The van der Waals surface area contributed by atoms with Gasteiger partial charge in [-0.1, -0.05) is 60.1 Å². The number of benzene rings is 3. The summed E-state index contributed by atoms with van der Waals surface area (Å²) in [6.07, 6.45) is 0.785. The minimum Gasteiger partial charge on any atom is -0.346 e. The Morgan fingerprint density at radius 3 is 2.38 bits per heavy atom. The maximum Gasteiger partial charge on any atom is 0.262 e. The maximum absolute atomic E-state index is 13.5. The monoisotopic (exact) mass is 360 g/mol. The lowest BCUT2D eigenvalue weighted by atomic mass is 9.91. The first-order chi connectivity index (χ1) is 12.8. The van der Waals surface area contributed by atoms with Crippen LogP contribution >= 0.6 is 11.6 Å². The van der Waals surface area contributed by atoms with Crippen molar-refractivity contribution in [2.75, 3.05) is 16.3 Å². The molecule has 2 aliphatic heterocycles. The Labute approximate surface area is 157 Å². The quantitative estimate of drug-likeness (QED) is 0.605. The number of carbonyl (C=O) groups excluding carboxylic acids is 1. The standard InChI is InChI=1S/C22H17ClN2O/c23-18-10-4-6-12-20(18)25-21-16-8-2-1-7-15(16)13-14-24(21)19-11-5-3-9-17(19)22(25)26/h1-12,21H,13-14H2. The molecule has 0 saturated carbocycles. The summed E-state index contributed by atoms with van der Waals surface area (Å²) >= 11 is 6.50. The van der Waals surface area contributed by atoms with Gasteiger partial charge in [-0.3, -0.25) is 9.69 Å². The molecule has 1 atom stereocenters. The van der Waals surface area contributed by atoms with Crippen LogP contribution in [0.2, 0.25) is 5.02 Å². The van der Waals surface area contributed by atoms with Crippen molar-refractivity contribution in [2.24, 2.45) is 0 Å². The Hall–Kier alpha value is -2.78. The van der Waals surface area contributed by atoms with E-state index in [2.05, 4.69) is 23.1 Å². The number of amides is 1. The van der Waals surface area contributed by atoms with Crippen molar-refractivity contribution in [3.05, 3.63) is 94.5 Å². The molecule has 2 aliphatic rings. The number of hydrogen-bond acceptors (Lipinski definition) is 2. The molecule has 3 aromatic carbocycles. The highest BCUT2D eigenvalue weighted by Crippen LogP contribution is 2.45. The van der Waals surface area contributed by atoms with Crippen molar-refractivity contribution in [3.63, 3.8) is 0 Å². The van der Waals surface area contributed by atoms with Gasteiger partial charge in [0.25, 0.3) is 5.91 Å². The summed E-state index contributed by atoms with van der Waals surface area (Å²) < 4.78 is 0. The largest absolute Gasteiger partial charge is 0.346 e. The zero-order valence-corrected chi connectivity index (χ0v) is 14.9. The molecule has 0 saturated heterocycles. The highest BCUT2D eigenvalue weighted by atomic mass is 35.5. The van der Waals surface area contributed by atoms with Crippen LogP contribution in [-0.4, -0.2) is 12.5 Å². The van der Waals surface area contributed by atoms with Gasteiger partial charge >= 0.3 is 0 Å². The summed E-state index contributed by atoms with van der Waals surface area (Å²) in [6.45, 7) is 0.868. The minimum absolute atomic E-state index is 0.00773. The zero-order chi connectivity index (χ0) is 17.7. The first-order valence-corrected chi connectivity index (χ1v) is 9.15. The molecular formula is C22H17ClN2O. The summed E-state index contributed by atoms with van der Waals surface area (Å²) in [6, 6.07) is 23.8. The van der Waals surface area contributed by atoms with E-state index in [1.165, 1.54) is 11.1 Å². The average Bonchev–Trinajstić information content (AvgIpc) is 2.69. The molecule has 128 valence electrons. The van der Waals surface area contributed by atoms with Crippen molar-refractivity contribution >= 4 is 28.9 Å². The van der Waals surface area contributed by atoms with Crippen LogP contribution in [0.5, 0.6) is 0 Å². The molecule has 0 fully saturated rings. The second-order valence-corrected chi connectivity index (χ2v) is 7.07. The van der Waals surface area contributed by atoms with Crippen molar-refractivity contribution in [1.82, 2.24) is 0 Å². The van der Waals surface area contributed by atoms with Crippen LogP contribution in [0.25, 0.3) is 0 Å². The normalized spacial score (nSPS) is 18.2. The highest BCUT2D eigenvalue weighted by Gasteiger charge is 2.42. The van der Waals surface area contributed by atoms with Gasteiger partial charge in [-0.25, -0.2) is 0 Å². The number of para-hydroxylation sites is 2. The van der Waals surface area contributed by atoms with Crippen molar-refractivity contribution < 1.29 is 4.79 Å². The van der Waals surface area contributed by atoms with Crippen molar-refractivity contribution in [1.29, 1.82) is 0 Å². The van der Waals surface area contributed by atoms with Gasteiger partial charge in [0, 0.05) is 6.54 Å². The fraction of sp³-hybridized carbons (Fsp3) is 0.136. The van der Waals surface area contributed by atoms with Crippen molar-refractivity contribution in [3.8, 4) is 0 Å². The van der Waals surface area contributed by atoms with Gasteiger partial charge < -0.3 is 4.90 Å². The molecule has 3 nitrogen and oxygen atoms in total. The van der Waals surface area contributed by atoms with E-state index in [-0.39, 0.29) is 12.1 Å². The first-order valence-electron chi connectivity index (χ1n) is 8.77. The molecule has 1 amide bonds. The molecule has 0 aromatic heterocycles. The second-order valence-electron chi connectivity index (χ2n) is 6.66. The van der Waals surface area contributed by atoms with Crippen LogP contribution in [0.4, 0.5) is 11.4 Å². The Bertz CT molecular complexity index is 1020. The van der Waals surface area contributed by atoms with E-state index in [0.29, 0.717) is 5.02 Å². The van der Waals surface area contributed by atoms with E-state index < -0.39 is 0 Å². The molecule has 0 N–H and O–H groups in total. The van der Waals surface area contributed by atoms with Gasteiger partial charge in [-0.05, 0) is 41.8 Å². The molecule has 0 radical (unpaired) electrons. The molecular weight excluding hydrogens is 344 g/mol. The molecule has 0 bridgehead atoms. The average molecular weight is 361 g/mol. The third-order valence-corrected chi connectivity index (χ3v) is 5.59. The van der Waals surface area contributed by atoms with Crippen LogP contribution in [0.15, 0.2) is 72.8 Å². The summed E-state index contributed by atoms with van der Waals surface area (Å²) in [5.74, 6) is -0.00773. The SMILES string of the molecule is O=C1c2ccccc2N2CCc3ccccc3C2N1c1ccccc1Cl. The van der Waals surface area contributed by atoms with Crippen LogP contribution in [-0.2, 0) is 6.42 Å². The third-order valence-electron chi connectivity index (χ3n) is 5.27. The highest BCUT2D eigenvalue weighted by molar-refractivity contribution is 6.34. The number of carbonyl (C=O) groups is 1. The lowest BCUT2D eigenvalue weighted by Crippen LogP contribution is -2.52. The Kier molecular flexibility index (Phi) is 3.50. The second kappa shape index (κ2) is 5.89. The summed E-state index contributed by atoms with van der Waals surface area (Å²) in [7, 11) is 0. The molecule has 1 unspecified atom stereocenters. The summed E-state index contributed by atoms with van der Waals surface area (Å²) in [5.41, 5.74) is 4.93. The van der Waals surface area contributed by atoms with E-state index in [4.69, 9.17) is 11.6 Å². The molecule has 4 heteroatoms. The van der Waals surface area contributed by atoms with E-state index in [0.717, 1.165) is 29.9 Å². The van der Waals surface area contributed by atoms with Gasteiger partial charge in [0.05, 0.1) is 22.0 Å². The van der Waals surface area contributed by atoms with E-state index in [1.54, 1.807) is 0 Å². The number of fused-ring (bicyclic) bond motifs is 5. The van der Waals surface area contributed by atoms with Crippen LogP contribution in [0, 0.1) is 0 Å². The number of anilines is 2. The molecule has 3 aromatic rings. The Balaban J connectivity index is 1.78. The van der Waals surface area contributed by atoms with Gasteiger partial charge in [-0.15, -0.1) is 0 Å². The Morgan fingerprint density at radius 2 is 1.54 bits per heavy atom. The predicted molar refractivity (Wildman–Crippen MR) is 105 cm³/mol. The van der Waals surface area contributed by atoms with E-state index in [1.807, 2.05) is 59.5 Å². The molecule has 0 aliphatic carbocycles. The minimum atomic E-state index is -0.178. The van der Waals surface area contributed by atoms with Crippen LogP contribution in [0.3, 0.4) is 0 Å². The fourth-order valence-electron chi connectivity index (χ4n) is 4.11. The predicted octanol–water partition coefficient (Wildman–Crippen LogP) is 5.06. The lowest BCUT2D eigenvalue weighted by molar-refractivity contribution is 0.0967. The van der Waals surface area contributed by atoms with Gasteiger partial charge in [0.15, 0.2) is 0 Å². The van der Waals surface area contributed by atoms with Crippen LogP contribution < -0.4 is 9.80 Å². The van der Waals surface area contributed by atoms with Gasteiger partial charge in [0.1, 0.15) is 6.17 Å². The zero-order valence-electron chi connectivity index (χ0n) is 14.1. The number of halogens is 1. The van der Waals surface area contributed by atoms with Crippen molar-refractivity contribution in [2.45, 2.75) is 12.6 Å². The Morgan fingerprint density at radius 1 is 0.846 bits per heavy atom. The van der Waals surface area contributed by atoms with Gasteiger partial charge in [0.2, 0.25) is 0 Å². The molecule has 0 spiro atoms. The summed E-state index contributed by atoms with van der Waals surface area (Å²) in [5, 5.41) is 0.586. The number of rotatable bonds is 1. The molecule has 2 heterocycles. The van der Waals surface area contributed by atoms with E-state index >= 15 is 0 Å². The third kappa shape index (κ3) is 2.17. The molecule has 26 heavy (non-hydrogen) atoms. The number of hydrogen-bond donors (Lipinski definition) is 0. The maximum atomic E-state index is 13.5. The van der Waals surface area contributed by atoms with Crippen LogP contribution in [0.1, 0.15) is 27.7 Å². The summed E-state index contributed by atoms with van der Waals surface area (Å²) in [4.78, 5) is 17.6. The van der Waals surface area contributed by atoms with Gasteiger partial charge in [-0.2, -0.15) is 0 Å². The smallest absolute Gasteiger partial charge is 0.262 e. The van der Waals surface area contributed by atoms with E-state index in [9.17, 15) is 4.79 Å². The lowest BCUT2D eigenvalue weighted by Gasteiger charge is -2.48. The fourth-order valence-corrected chi connectivity index (χ4v) is 4.34. The number of nitrogens with zero attached hydrogens (tertiary/aromatic N) is 2.